The van der Waals surface area contributed by atoms with E-state index in [1.807, 2.05) is 13.8 Å². The fourth-order valence-corrected chi connectivity index (χ4v) is 2.70. The van der Waals surface area contributed by atoms with Gasteiger partial charge in [0.15, 0.2) is 0 Å². The molecule has 2 aliphatic rings. The van der Waals surface area contributed by atoms with Gasteiger partial charge in [0.25, 0.3) is 0 Å². The van der Waals surface area contributed by atoms with Crippen molar-refractivity contribution in [3.63, 3.8) is 0 Å². The van der Waals surface area contributed by atoms with Gasteiger partial charge < -0.3 is 15.4 Å². The maximum Gasteiger partial charge on any atom is 0.234 e. The molecule has 0 bridgehead atoms. The lowest BCUT2D eigenvalue weighted by Gasteiger charge is -2.43. The first-order chi connectivity index (χ1) is 10.1. The van der Waals surface area contributed by atoms with E-state index in [9.17, 15) is 4.79 Å². The molecule has 2 fully saturated rings. The first-order valence-corrected chi connectivity index (χ1v) is 8.20. The lowest BCUT2D eigenvalue weighted by atomic mass is 10.1. The summed E-state index contributed by atoms with van der Waals surface area (Å²) in [5.74, 6) is 0.137. The van der Waals surface area contributed by atoms with Crippen LogP contribution in [0.3, 0.4) is 0 Å². The molecule has 0 radical (unpaired) electrons. The number of carbonyl (C=O) groups excluding carboxylic acids is 1. The summed E-state index contributed by atoms with van der Waals surface area (Å²) in [5, 5.41) is 6.29. The van der Waals surface area contributed by atoms with Gasteiger partial charge in [-0.25, -0.2) is 0 Å². The van der Waals surface area contributed by atoms with Gasteiger partial charge in [0.2, 0.25) is 5.91 Å². The Labute approximate surface area is 128 Å². The summed E-state index contributed by atoms with van der Waals surface area (Å²) in [6, 6.07) is 0.724. The number of carbonyl (C=O) groups is 1. The third kappa shape index (κ3) is 5.90. The van der Waals surface area contributed by atoms with Crippen LogP contribution in [-0.2, 0) is 9.53 Å². The highest BCUT2D eigenvalue weighted by Gasteiger charge is 2.27. The topological polar surface area (TPSA) is 56.8 Å². The standard InChI is InChI=1S/C15H30N4O2/c1-13(2)21-9-3-4-17-15(20)12-18-5-7-19(8-6-18)14-10-16-11-14/h13-14,16H,3-12H2,1-2H3,(H,17,20). The zero-order valence-electron chi connectivity index (χ0n) is 13.4. The molecule has 1 amide bonds. The first-order valence-electron chi connectivity index (χ1n) is 8.20. The molecule has 0 saturated carbocycles. The van der Waals surface area contributed by atoms with Crippen LogP contribution in [-0.4, -0.2) is 86.8 Å². The zero-order chi connectivity index (χ0) is 15.1. The van der Waals surface area contributed by atoms with E-state index in [2.05, 4.69) is 20.4 Å². The van der Waals surface area contributed by atoms with Gasteiger partial charge in [0, 0.05) is 58.5 Å². The predicted molar refractivity (Wildman–Crippen MR) is 83.4 cm³/mol. The average Bonchev–Trinajstić information content (AvgIpc) is 2.38. The van der Waals surface area contributed by atoms with E-state index in [1.54, 1.807) is 0 Å². The average molecular weight is 298 g/mol. The van der Waals surface area contributed by atoms with Gasteiger partial charge in [-0.2, -0.15) is 0 Å². The molecule has 0 aromatic carbocycles. The van der Waals surface area contributed by atoms with E-state index in [4.69, 9.17) is 4.74 Å². The fourth-order valence-electron chi connectivity index (χ4n) is 2.70. The predicted octanol–water partition coefficient (Wildman–Crippen LogP) is -0.493. The van der Waals surface area contributed by atoms with Crippen molar-refractivity contribution in [1.29, 1.82) is 0 Å². The number of hydrogen-bond acceptors (Lipinski definition) is 5. The fraction of sp³-hybridized carbons (Fsp3) is 0.933. The van der Waals surface area contributed by atoms with Crippen molar-refractivity contribution in [2.24, 2.45) is 0 Å². The third-order valence-electron chi connectivity index (χ3n) is 4.14. The van der Waals surface area contributed by atoms with Crippen molar-refractivity contribution in [3.8, 4) is 0 Å². The molecule has 0 aromatic rings. The molecule has 6 nitrogen and oxygen atoms in total. The van der Waals surface area contributed by atoms with Crippen molar-refractivity contribution in [2.45, 2.75) is 32.4 Å². The molecule has 0 unspecified atom stereocenters. The van der Waals surface area contributed by atoms with Crippen molar-refractivity contribution < 1.29 is 9.53 Å². The highest BCUT2D eigenvalue weighted by Crippen LogP contribution is 2.09. The van der Waals surface area contributed by atoms with Gasteiger partial charge in [-0.1, -0.05) is 0 Å². The van der Waals surface area contributed by atoms with E-state index in [0.717, 1.165) is 51.7 Å². The largest absolute Gasteiger partial charge is 0.379 e. The minimum absolute atomic E-state index is 0.137. The second-order valence-electron chi connectivity index (χ2n) is 6.25. The molecule has 6 heteroatoms. The van der Waals surface area contributed by atoms with Gasteiger partial charge in [-0.05, 0) is 20.3 Å². The Balaban J connectivity index is 1.50. The molecule has 0 atom stereocenters. The summed E-state index contributed by atoms with van der Waals surface area (Å²) in [6.07, 6.45) is 1.15. The van der Waals surface area contributed by atoms with Crippen LogP contribution in [0.15, 0.2) is 0 Å². The lowest BCUT2D eigenvalue weighted by Crippen LogP contribution is -2.62. The summed E-state index contributed by atoms with van der Waals surface area (Å²) in [7, 11) is 0. The minimum Gasteiger partial charge on any atom is -0.379 e. The number of hydrogen-bond donors (Lipinski definition) is 2. The molecular formula is C15H30N4O2. The summed E-state index contributed by atoms with van der Waals surface area (Å²) >= 11 is 0. The van der Waals surface area contributed by atoms with Crippen molar-refractivity contribution in [1.82, 2.24) is 20.4 Å². The second-order valence-corrected chi connectivity index (χ2v) is 6.25. The van der Waals surface area contributed by atoms with Crippen LogP contribution in [0, 0.1) is 0 Å². The van der Waals surface area contributed by atoms with Gasteiger partial charge >= 0.3 is 0 Å². The number of rotatable bonds is 8. The molecule has 21 heavy (non-hydrogen) atoms. The van der Waals surface area contributed by atoms with Gasteiger partial charge in [-0.3, -0.25) is 14.6 Å². The summed E-state index contributed by atoms with van der Waals surface area (Å²) in [6.45, 7) is 12.4. The molecule has 2 heterocycles. The van der Waals surface area contributed by atoms with Crippen LogP contribution in [0.1, 0.15) is 20.3 Å². The Morgan fingerprint density at radius 3 is 2.57 bits per heavy atom. The first kappa shape index (κ1) is 16.7. The number of nitrogens with one attached hydrogen (secondary N) is 2. The van der Waals surface area contributed by atoms with E-state index in [-0.39, 0.29) is 12.0 Å². The third-order valence-corrected chi connectivity index (χ3v) is 4.14. The van der Waals surface area contributed by atoms with Gasteiger partial charge in [-0.15, -0.1) is 0 Å². The molecule has 2 saturated heterocycles. The molecular weight excluding hydrogens is 268 g/mol. The van der Waals surface area contributed by atoms with Crippen molar-refractivity contribution >= 4 is 5.91 Å². The Kier molecular flexibility index (Phi) is 6.89. The smallest absolute Gasteiger partial charge is 0.234 e. The monoisotopic (exact) mass is 298 g/mol. The number of amides is 1. The second kappa shape index (κ2) is 8.68. The minimum atomic E-state index is 0.137. The van der Waals surface area contributed by atoms with E-state index < -0.39 is 0 Å². The number of nitrogens with zero attached hydrogens (tertiary/aromatic N) is 2. The summed E-state index contributed by atoms with van der Waals surface area (Å²) in [5.41, 5.74) is 0. The Morgan fingerprint density at radius 1 is 1.29 bits per heavy atom. The van der Waals surface area contributed by atoms with Crippen LogP contribution in [0.25, 0.3) is 0 Å². The molecule has 122 valence electrons. The molecule has 2 N–H and O–H groups in total. The van der Waals surface area contributed by atoms with Crippen molar-refractivity contribution in [2.75, 3.05) is 59.0 Å². The van der Waals surface area contributed by atoms with Gasteiger partial charge in [0.1, 0.15) is 0 Å². The van der Waals surface area contributed by atoms with E-state index in [0.29, 0.717) is 19.7 Å². The van der Waals surface area contributed by atoms with Crippen LogP contribution < -0.4 is 10.6 Å². The van der Waals surface area contributed by atoms with Crippen LogP contribution in [0.5, 0.6) is 0 Å². The number of ether oxygens (including phenoxy) is 1. The Bertz CT molecular complexity index is 313. The quantitative estimate of drug-likeness (QED) is 0.592. The normalized spacial score (nSPS) is 21.5. The van der Waals surface area contributed by atoms with E-state index >= 15 is 0 Å². The number of piperazine rings is 1. The lowest BCUT2D eigenvalue weighted by molar-refractivity contribution is -0.122. The molecule has 2 rings (SSSR count). The highest BCUT2D eigenvalue weighted by atomic mass is 16.5. The van der Waals surface area contributed by atoms with Crippen molar-refractivity contribution in [3.05, 3.63) is 0 Å². The summed E-state index contributed by atoms with van der Waals surface area (Å²) in [4.78, 5) is 16.7. The molecule has 2 aliphatic heterocycles. The Morgan fingerprint density at radius 2 is 2.00 bits per heavy atom. The maximum absolute atomic E-state index is 11.9. The van der Waals surface area contributed by atoms with E-state index in [1.165, 1.54) is 0 Å². The molecule has 0 aromatic heterocycles. The molecule has 0 aliphatic carbocycles. The highest BCUT2D eigenvalue weighted by molar-refractivity contribution is 5.77. The molecule has 0 spiro atoms. The Hall–Kier alpha value is -0.690. The van der Waals surface area contributed by atoms with Crippen LogP contribution >= 0.6 is 0 Å². The maximum atomic E-state index is 11.9. The van der Waals surface area contributed by atoms with Gasteiger partial charge in [0.05, 0.1) is 12.6 Å². The summed E-state index contributed by atoms with van der Waals surface area (Å²) < 4.78 is 5.45. The van der Waals surface area contributed by atoms with Crippen LogP contribution in [0.2, 0.25) is 0 Å². The van der Waals surface area contributed by atoms with Crippen LogP contribution in [0.4, 0.5) is 0 Å². The SMILES string of the molecule is CC(C)OCCCNC(=O)CN1CCN(C2CNC2)CC1. The zero-order valence-corrected chi connectivity index (χ0v) is 13.4.